The molecule has 1 fully saturated rings. The monoisotopic (exact) mass is 330 g/mol. The van der Waals surface area contributed by atoms with Crippen LogP contribution in [0.4, 0.5) is 5.69 Å². The van der Waals surface area contributed by atoms with E-state index < -0.39 is 6.10 Å². The van der Waals surface area contributed by atoms with Gasteiger partial charge in [-0.25, -0.2) is 0 Å². The summed E-state index contributed by atoms with van der Waals surface area (Å²) in [5, 5.41) is 14.3. The molecular formula is C17H18N2O3S. The number of hydrogen-bond acceptors (Lipinski definition) is 4. The summed E-state index contributed by atoms with van der Waals surface area (Å²) in [6, 6.07) is 10.4. The van der Waals surface area contributed by atoms with Gasteiger partial charge in [-0.3, -0.25) is 9.59 Å². The fourth-order valence-corrected chi connectivity index (χ4v) is 3.24. The molecule has 2 aromatic rings. The summed E-state index contributed by atoms with van der Waals surface area (Å²) in [5.74, 6) is -0.238. The van der Waals surface area contributed by atoms with Crippen molar-refractivity contribution in [3.8, 4) is 0 Å². The number of nitrogens with one attached hydrogen (secondary N) is 1. The van der Waals surface area contributed by atoms with Gasteiger partial charge in [0, 0.05) is 24.3 Å². The first-order chi connectivity index (χ1) is 11.1. The zero-order valence-electron chi connectivity index (χ0n) is 12.6. The smallest absolute Gasteiger partial charge is 0.265 e. The van der Waals surface area contributed by atoms with Crippen molar-refractivity contribution in [3.63, 3.8) is 0 Å². The molecule has 2 amide bonds. The van der Waals surface area contributed by atoms with E-state index in [0.29, 0.717) is 29.2 Å². The van der Waals surface area contributed by atoms with E-state index in [1.807, 2.05) is 11.4 Å². The number of likely N-dealkylation sites (tertiary alicyclic amines) is 1. The highest BCUT2D eigenvalue weighted by Gasteiger charge is 2.22. The minimum absolute atomic E-state index is 0.0834. The molecule has 0 spiro atoms. The average molecular weight is 330 g/mol. The molecule has 0 aliphatic carbocycles. The zero-order chi connectivity index (χ0) is 16.2. The Balaban J connectivity index is 1.64. The van der Waals surface area contributed by atoms with E-state index in [1.54, 1.807) is 35.2 Å². The third-order valence-electron chi connectivity index (χ3n) is 3.82. The van der Waals surface area contributed by atoms with Gasteiger partial charge >= 0.3 is 0 Å². The van der Waals surface area contributed by atoms with Gasteiger partial charge in [0.2, 0.25) is 0 Å². The number of benzene rings is 1. The summed E-state index contributed by atoms with van der Waals surface area (Å²) in [6.45, 7) is 1.06. The normalized spacial score (nSPS) is 17.8. The van der Waals surface area contributed by atoms with Crippen molar-refractivity contribution >= 4 is 28.8 Å². The fraction of sp³-hybridized carbons (Fsp3) is 0.294. The lowest BCUT2D eigenvalue weighted by Gasteiger charge is -2.30. The summed E-state index contributed by atoms with van der Waals surface area (Å²) >= 11 is 1.38. The van der Waals surface area contributed by atoms with E-state index in [-0.39, 0.29) is 11.8 Å². The second-order valence-electron chi connectivity index (χ2n) is 5.56. The third-order valence-corrected chi connectivity index (χ3v) is 4.69. The van der Waals surface area contributed by atoms with Gasteiger partial charge in [0.15, 0.2) is 0 Å². The standard InChI is InChI=1S/C17H18N2O3S/c20-14-3-1-9-19(11-14)17(22)12-5-7-13(8-6-12)18-16(21)15-4-2-10-23-15/h2,4-8,10,14,20H,1,3,9,11H2,(H,18,21). The molecule has 120 valence electrons. The quantitative estimate of drug-likeness (QED) is 0.909. The number of anilines is 1. The molecular weight excluding hydrogens is 312 g/mol. The van der Waals surface area contributed by atoms with Crippen LogP contribution in [0.5, 0.6) is 0 Å². The number of amides is 2. The van der Waals surface area contributed by atoms with E-state index in [4.69, 9.17) is 0 Å². The summed E-state index contributed by atoms with van der Waals surface area (Å²) in [4.78, 5) is 26.7. The van der Waals surface area contributed by atoms with E-state index in [9.17, 15) is 14.7 Å². The topological polar surface area (TPSA) is 69.6 Å². The fourth-order valence-electron chi connectivity index (χ4n) is 2.62. The highest BCUT2D eigenvalue weighted by molar-refractivity contribution is 7.12. The molecule has 6 heteroatoms. The van der Waals surface area contributed by atoms with Crippen LogP contribution in [0.1, 0.15) is 32.9 Å². The predicted molar refractivity (Wildman–Crippen MR) is 89.9 cm³/mol. The Morgan fingerprint density at radius 3 is 2.65 bits per heavy atom. The highest BCUT2D eigenvalue weighted by Crippen LogP contribution is 2.17. The third kappa shape index (κ3) is 3.78. The average Bonchev–Trinajstić information content (AvgIpc) is 3.09. The number of carbonyl (C=O) groups excluding carboxylic acids is 2. The molecule has 2 N–H and O–H groups in total. The van der Waals surface area contributed by atoms with E-state index in [2.05, 4.69) is 5.32 Å². The van der Waals surface area contributed by atoms with Crippen molar-refractivity contribution in [2.75, 3.05) is 18.4 Å². The Bertz CT molecular complexity index is 682. The van der Waals surface area contributed by atoms with Crippen molar-refractivity contribution in [3.05, 3.63) is 52.2 Å². The lowest BCUT2D eigenvalue weighted by Crippen LogP contribution is -2.42. The molecule has 1 aliphatic rings. The Hall–Kier alpha value is -2.18. The Morgan fingerprint density at radius 2 is 2.00 bits per heavy atom. The number of nitrogens with zero attached hydrogens (tertiary/aromatic N) is 1. The van der Waals surface area contributed by atoms with Crippen LogP contribution in [0.3, 0.4) is 0 Å². The summed E-state index contributed by atoms with van der Waals surface area (Å²) < 4.78 is 0. The number of carbonyl (C=O) groups is 2. The first kappa shape index (κ1) is 15.7. The Kier molecular flexibility index (Phi) is 4.73. The molecule has 1 aliphatic heterocycles. The van der Waals surface area contributed by atoms with Crippen LogP contribution >= 0.6 is 11.3 Å². The largest absolute Gasteiger partial charge is 0.391 e. The van der Waals surface area contributed by atoms with Gasteiger partial charge in [-0.15, -0.1) is 11.3 Å². The highest BCUT2D eigenvalue weighted by atomic mass is 32.1. The minimum atomic E-state index is -0.433. The lowest BCUT2D eigenvalue weighted by atomic mass is 10.1. The van der Waals surface area contributed by atoms with Crippen LogP contribution in [-0.4, -0.2) is 41.0 Å². The summed E-state index contributed by atoms with van der Waals surface area (Å²) in [5.41, 5.74) is 1.21. The molecule has 0 saturated carbocycles. The number of hydrogen-bond donors (Lipinski definition) is 2. The number of aliphatic hydroxyl groups is 1. The van der Waals surface area contributed by atoms with Crippen LogP contribution in [-0.2, 0) is 0 Å². The maximum absolute atomic E-state index is 12.4. The number of thiophene rings is 1. The van der Waals surface area contributed by atoms with Gasteiger partial charge in [0.05, 0.1) is 11.0 Å². The second-order valence-corrected chi connectivity index (χ2v) is 6.50. The Morgan fingerprint density at radius 1 is 1.22 bits per heavy atom. The van der Waals surface area contributed by atoms with Crippen molar-refractivity contribution in [2.24, 2.45) is 0 Å². The van der Waals surface area contributed by atoms with E-state index in [0.717, 1.165) is 12.8 Å². The molecule has 23 heavy (non-hydrogen) atoms. The SMILES string of the molecule is O=C(Nc1ccc(C(=O)N2CCCC(O)C2)cc1)c1cccs1. The summed E-state index contributed by atoms with van der Waals surface area (Å²) in [7, 11) is 0. The molecule has 1 atom stereocenters. The molecule has 1 saturated heterocycles. The van der Waals surface area contributed by atoms with Crippen molar-refractivity contribution in [2.45, 2.75) is 18.9 Å². The van der Waals surface area contributed by atoms with Crippen LogP contribution in [0, 0.1) is 0 Å². The van der Waals surface area contributed by atoms with Gasteiger partial charge in [0.25, 0.3) is 11.8 Å². The molecule has 5 nitrogen and oxygen atoms in total. The molecule has 1 aromatic heterocycles. The minimum Gasteiger partial charge on any atom is -0.391 e. The van der Waals surface area contributed by atoms with Crippen LogP contribution in [0.15, 0.2) is 41.8 Å². The van der Waals surface area contributed by atoms with Crippen LogP contribution in [0.25, 0.3) is 0 Å². The predicted octanol–water partition coefficient (Wildman–Crippen LogP) is 2.60. The van der Waals surface area contributed by atoms with Crippen molar-refractivity contribution in [1.82, 2.24) is 4.90 Å². The number of rotatable bonds is 3. The van der Waals surface area contributed by atoms with Crippen molar-refractivity contribution < 1.29 is 14.7 Å². The van der Waals surface area contributed by atoms with Gasteiger partial charge in [-0.1, -0.05) is 6.07 Å². The number of aliphatic hydroxyl groups excluding tert-OH is 1. The number of piperidine rings is 1. The summed E-state index contributed by atoms with van der Waals surface area (Å²) in [6.07, 6.45) is 1.14. The maximum atomic E-state index is 12.4. The first-order valence-corrected chi connectivity index (χ1v) is 8.44. The number of β-amino-alcohol motifs (C(OH)–C–C–N with tert-alkyl or cyclic N) is 1. The zero-order valence-corrected chi connectivity index (χ0v) is 13.4. The Labute approximate surface area is 138 Å². The van der Waals surface area contributed by atoms with Gasteiger partial charge in [-0.2, -0.15) is 0 Å². The van der Waals surface area contributed by atoms with Crippen LogP contribution in [0.2, 0.25) is 0 Å². The lowest BCUT2D eigenvalue weighted by molar-refractivity contribution is 0.0474. The molecule has 1 aromatic carbocycles. The molecule has 3 rings (SSSR count). The van der Waals surface area contributed by atoms with Gasteiger partial charge in [-0.05, 0) is 48.6 Å². The molecule has 1 unspecified atom stereocenters. The molecule has 0 bridgehead atoms. The first-order valence-electron chi connectivity index (χ1n) is 7.56. The maximum Gasteiger partial charge on any atom is 0.265 e. The molecule has 2 heterocycles. The van der Waals surface area contributed by atoms with E-state index >= 15 is 0 Å². The second kappa shape index (κ2) is 6.93. The van der Waals surface area contributed by atoms with Crippen LogP contribution < -0.4 is 5.32 Å². The van der Waals surface area contributed by atoms with Gasteiger partial charge < -0.3 is 15.3 Å². The van der Waals surface area contributed by atoms with Crippen molar-refractivity contribution in [1.29, 1.82) is 0 Å². The van der Waals surface area contributed by atoms with E-state index in [1.165, 1.54) is 11.3 Å². The van der Waals surface area contributed by atoms with Gasteiger partial charge in [0.1, 0.15) is 0 Å². The molecule has 0 radical (unpaired) electrons.